The molecule has 0 aliphatic carbocycles. The number of carboxylic acids is 1. The molecule has 0 saturated carbocycles. The van der Waals surface area contributed by atoms with E-state index in [1.165, 1.54) is 19.2 Å². The Morgan fingerprint density at radius 2 is 2.03 bits per heavy atom. The Labute approximate surface area is 223 Å². The zero-order valence-corrected chi connectivity index (χ0v) is 21.2. The summed E-state index contributed by atoms with van der Waals surface area (Å²) in [5.74, 6) is -0.824. The van der Waals surface area contributed by atoms with Crippen LogP contribution in [0.4, 0.5) is 0 Å². The van der Waals surface area contributed by atoms with Gasteiger partial charge in [-0.1, -0.05) is 12.1 Å². The molecule has 10 heteroatoms. The van der Waals surface area contributed by atoms with Gasteiger partial charge in [-0.2, -0.15) is 0 Å². The Morgan fingerprint density at radius 3 is 2.72 bits per heavy atom. The number of rotatable bonds is 9. The highest BCUT2D eigenvalue weighted by Crippen LogP contribution is 2.47. The van der Waals surface area contributed by atoms with Gasteiger partial charge in [-0.3, -0.25) is 14.6 Å². The molecule has 0 unspecified atom stereocenters. The van der Waals surface area contributed by atoms with Gasteiger partial charge in [-0.05, 0) is 47.5 Å². The maximum Gasteiger partial charge on any atom is 0.304 e. The van der Waals surface area contributed by atoms with Crippen molar-refractivity contribution in [2.24, 2.45) is 7.05 Å². The zero-order valence-electron chi connectivity index (χ0n) is 21.2. The van der Waals surface area contributed by atoms with Crippen molar-refractivity contribution < 1.29 is 34.0 Å². The minimum atomic E-state index is -1.10. The molecule has 2 aromatic heterocycles. The van der Waals surface area contributed by atoms with Crippen LogP contribution in [0.25, 0.3) is 6.08 Å². The molecule has 1 aliphatic rings. The molecule has 0 fully saturated rings. The number of aromatic nitrogens is 3. The van der Waals surface area contributed by atoms with Gasteiger partial charge in [0.2, 0.25) is 5.78 Å². The number of benzene rings is 2. The summed E-state index contributed by atoms with van der Waals surface area (Å²) < 4.78 is 19.2. The minimum absolute atomic E-state index is 0.0505. The van der Waals surface area contributed by atoms with E-state index in [2.05, 4.69) is 9.97 Å². The molecule has 0 bridgehead atoms. The molecule has 3 heterocycles. The maximum atomic E-state index is 13.1. The fourth-order valence-corrected chi connectivity index (χ4v) is 4.47. The van der Waals surface area contributed by atoms with Crippen LogP contribution in [0.3, 0.4) is 0 Å². The highest BCUT2D eigenvalue weighted by Gasteiger charge is 2.35. The summed E-state index contributed by atoms with van der Waals surface area (Å²) in [6.45, 7) is 0.201. The monoisotopic (exact) mass is 527 g/mol. The summed E-state index contributed by atoms with van der Waals surface area (Å²) >= 11 is 0. The van der Waals surface area contributed by atoms with Crippen molar-refractivity contribution in [2.45, 2.75) is 18.9 Å². The van der Waals surface area contributed by atoms with Crippen molar-refractivity contribution in [3.63, 3.8) is 0 Å². The van der Waals surface area contributed by atoms with Crippen molar-refractivity contribution in [3.8, 4) is 23.0 Å². The number of aromatic hydroxyl groups is 1. The van der Waals surface area contributed by atoms with Gasteiger partial charge in [0.25, 0.3) is 0 Å². The molecule has 39 heavy (non-hydrogen) atoms. The van der Waals surface area contributed by atoms with Crippen LogP contribution in [-0.2, 0) is 18.4 Å². The smallest absolute Gasteiger partial charge is 0.304 e. The molecule has 0 amide bonds. The molecular formula is C29H25N3O7. The Hall–Kier alpha value is -5.12. The third-order valence-electron chi connectivity index (χ3n) is 6.43. The van der Waals surface area contributed by atoms with E-state index < -0.39 is 11.9 Å². The summed E-state index contributed by atoms with van der Waals surface area (Å²) in [5, 5.41) is 20.7. The van der Waals surface area contributed by atoms with Crippen molar-refractivity contribution in [1.82, 2.24) is 14.5 Å². The lowest BCUT2D eigenvalue weighted by Crippen LogP contribution is -2.10. The highest BCUT2D eigenvalue weighted by atomic mass is 16.5. The quantitative estimate of drug-likeness (QED) is 0.305. The van der Waals surface area contributed by atoms with Crippen LogP contribution >= 0.6 is 0 Å². The molecule has 2 aromatic carbocycles. The van der Waals surface area contributed by atoms with Crippen LogP contribution in [0.1, 0.15) is 45.2 Å². The van der Waals surface area contributed by atoms with Crippen molar-refractivity contribution in [1.29, 1.82) is 0 Å². The van der Waals surface area contributed by atoms with E-state index in [9.17, 15) is 19.8 Å². The molecule has 1 aliphatic heterocycles. The number of allylic oxidation sites excluding steroid dienone is 1. The van der Waals surface area contributed by atoms with Gasteiger partial charge in [0.1, 0.15) is 23.9 Å². The number of hydrogen-bond acceptors (Lipinski definition) is 8. The number of pyridine rings is 1. The number of fused-ring (bicyclic) bond motifs is 1. The maximum absolute atomic E-state index is 13.1. The average molecular weight is 528 g/mol. The number of ketones is 1. The highest BCUT2D eigenvalue weighted by molar-refractivity contribution is 6.15. The third-order valence-corrected chi connectivity index (χ3v) is 6.43. The van der Waals surface area contributed by atoms with Gasteiger partial charge >= 0.3 is 5.97 Å². The number of nitrogens with zero attached hydrogens (tertiary/aromatic N) is 3. The van der Waals surface area contributed by atoms with Crippen LogP contribution in [0.5, 0.6) is 23.0 Å². The van der Waals surface area contributed by atoms with E-state index in [1.54, 1.807) is 55.0 Å². The number of imidazole rings is 1. The first-order chi connectivity index (χ1) is 18.9. The Kier molecular flexibility index (Phi) is 7.00. The first-order valence-electron chi connectivity index (χ1n) is 12.0. The number of aryl methyl sites for hydroxylation is 1. The van der Waals surface area contributed by atoms with Crippen LogP contribution in [0.2, 0.25) is 0 Å². The molecule has 2 N–H and O–H groups in total. The summed E-state index contributed by atoms with van der Waals surface area (Å²) in [6.07, 6.45) is 7.86. The normalized spacial score (nSPS) is 14.1. The third kappa shape index (κ3) is 5.17. The first kappa shape index (κ1) is 25.5. The van der Waals surface area contributed by atoms with E-state index in [-0.39, 0.29) is 47.2 Å². The fourth-order valence-electron chi connectivity index (χ4n) is 4.47. The largest absolute Gasteiger partial charge is 0.508 e. The van der Waals surface area contributed by atoms with E-state index in [0.717, 1.165) is 0 Å². The number of methoxy groups -OCH3 is 1. The van der Waals surface area contributed by atoms with Crippen molar-refractivity contribution in [3.05, 3.63) is 101 Å². The molecule has 1 atom stereocenters. The molecule has 0 saturated heterocycles. The molecular weight excluding hydrogens is 502 g/mol. The lowest BCUT2D eigenvalue weighted by molar-refractivity contribution is -0.137. The van der Waals surface area contributed by atoms with Crippen LogP contribution in [-0.4, -0.2) is 43.6 Å². The van der Waals surface area contributed by atoms with E-state index in [1.807, 2.05) is 17.8 Å². The average Bonchev–Trinajstić information content (AvgIpc) is 3.48. The number of carbonyl (C=O) groups excluding carboxylic acids is 1. The van der Waals surface area contributed by atoms with Gasteiger partial charge in [-0.25, -0.2) is 4.98 Å². The standard InChI is InChI=1S/C29H25N3O7/c1-32-11-10-31-25(32)16-38-22-8-5-18(13-23(22)37-2)20(14-26(34)35)27-21(33)7-6-19-28(36)24(39-29(19)27)12-17-4-3-9-30-15-17/h3-13,15,20,33H,14,16H2,1-2H3,(H,34,35)/b24-12-/t20-/m0/s1. The fraction of sp³-hybridized carbons (Fsp3) is 0.172. The predicted octanol–water partition coefficient (Wildman–Crippen LogP) is 4.33. The number of carboxylic acid groups (broad SMARTS) is 1. The van der Waals surface area contributed by atoms with E-state index >= 15 is 0 Å². The Balaban J connectivity index is 1.52. The lowest BCUT2D eigenvalue weighted by atomic mass is 9.86. The molecule has 0 spiro atoms. The van der Waals surface area contributed by atoms with Crippen molar-refractivity contribution >= 4 is 17.8 Å². The summed E-state index contributed by atoms with van der Waals surface area (Å²) in [4.78, 5) is 33.4. The number of carbonyl (C=O) groups is 2. The zero-order chi connectivity index (χ0) is 27.5. The Bertz CT molecular complexity index is 1580. The van der Waals surface area contributed by atoms with Crippen LogP contribution in [0.15, 0.2) is 73.0 Å². The van der Waals surface area contributed by atoms with Gasteiger partial charge in [0.15, 0.2) is 17.3 Å². The second-order valence-electron chi connectivity index (χ2n) is 8.90. The number of hydrogen-bond donors (Lipinski definition) is 2. The lowest BCUT2D eigenvalue weighted by Gasteiger charge is -2.21. The molecule has 10 nitrogen and oxygen atoms in total. The number of phenols is 1. The van der Waals surface area contributed by atoms with Gasteiger partial charge in [-0.15, -0.1) is 0 Å². The van der Waals surface area contributed by atoms with Crippen LogP contribution < -0.4 is 14.2 Å². The number of Topliss-reactive ketones (excluding diaryl/α,β-unsaturated/α-hetero) is 1. The molecule has 4 aromatic rings. The van der Waals surface area contributed by atoms with E-state index in [4.69, 9.17) is 14.2 Å². The molecule has 198 valence electrons. The summed E-state index contributed by atoms with van der Waals surface area (Å²) in [5.41, 5.74) is 1.62. The predicted molar refractivity (Wildman–Crippen MR) is 140 cm³/mol. The minimum Gasteiger partial charge on any atom is -0.508 e. The second-order valence-corrected chi connectivity index (χ2v) is 8.90. The molecule has 5 rings (SSSR count). The number of phenolic OH excluding ortho intramolecular Hbond substituents is 1. The SMILES string of the molecule is COc1cc([C@H](CC(=O)O)c2c(O)ccc3c2O/C(=C\c2cccnc2)C3=O)ccc1OCc1nccn1C. The van der Waals surface area contributed by atoms with Crippen LogP contribution in [0, 0.1) is 0 Å². The topological polar surface area (TPSA) is 133 Å². The van der Waals surface area contributed by atoms with Gasteiger partial charge in [0, 0.05) is 43.3 Å². The number of aliphatic carboxylic acids is 1. The summed E-state index contributed by atoms with van der Waals surface area (Å²) in [6, 6.07) is 11.4. The van der Waals surface area contributed by atoms with Gasteiger partial charge < -0.3 is 29.0 Å². The van der Waals surface area contributed by atoms with E-state index in [0.29, 0.717) is 28.5 Å². The molecule has 0 radical (unpaired) electrons. The number of ether oxygens (including phenoxy) is 3. The second kappa shape index (κ2) is 10.7. The first-order valence-corrected chi connectivity index (χ1v) is 12.0. The Morgan fingerprint density at radius 1 is 1.18 bits per heavy atom. The van der Waals surface area contributed by atoms with Crippen molar-refractivity contribution in [2.75, 3.05) is 7.11 Å². The summed E-state index contributed by atoms with van der Waals surface area (Å²) in [7, 11) is 3.34. The van der Waals surface area contributed by atoms with Gasteiger partial charge in [0.05, 0.1) is 19.1 Å².